The highest BCUT2D eigenvalue weighted by molar-refractivity contribution is 7.10. The van der Waals surface area contributed by atoms with E-state index in [-0.39, 0.29) is 29.9 Å². The van der Waals surface area contributed by atoms with E-state index in [0.717, 1.165) is 35.2 Å². The number of para-hydroxylation sites is 1. The van der Waals surface area contributed by atoms with Crippen molar-refractivity contribution in [1.82, 2.24) is 25.2 Å². The van der Waals surface area contributed by atoms with Crippen LogP contribution in [0.3, 0.4) is 0 Å². The Balaban J connectivity index is 1.64. The minimum absolute atomic E-state index is 0.0589. The Labute approximate surface area is 180 Å². The molecule has 0 bridgehead atoms. The fourth-order valence-electron chi connectivity index (χ4n) is 3.48. The number of hydrogen-bond acceptors (Lipinski definition) is 5. The van der Waals surface area contributed by atoms with Gasteiger partial charge in [-0.25, -0.2) is 4.68 Å². The average molecular weight is 426 g/mol. The van der Waals surface area contributed by atoms with Crippen LogP contribution in [0, 0.1) is 0 Å². The Morgan fingerprint density at radius 1 is 1.27 bits per heavy atom. The standard InChI is InChI=1S/C22H27N5O2S/c1-4-22(2,3)23-21(29)20(18-10-7-13-30-18)27(15-11-12-15)19(28)14-26-17-9-6-5-8-16(17)24-25-26/h5-10,13,15,20H,4,11-12,14H2,1-3H3,(H,23,29)/t20-/m0/s1. The summed E-state index contributed by atoms with van der Waals surface area (Å²) < 4.78 is 1.62. The highest BCUT2D eigenvalue weighted by atomic mass is 32.1. The average Bonchev–Trinajstić information content (AvgIpc) is 3.25. The van der Waals surface area contributed by atoms with Crippen LogP contribution in [0.1, 0.15) is 51.0 Å². The maximum Gasteiger partial charge on any atom is 0.248 e. The van der Waals surface area contributed by atoms with Gasteiger partial charge in [-0.15, -0.1) is 16.4 Å². The summed E-state index contributed by atoms with van der Waals surface area (Å²) >= 11 is 1.50. The SMILES string of the molecule is CCC(C)(C)NC(=O)[C@H](c1cccs1)N(C(=O)Cn1nnc2ccccc21)C1CC1. The number of aromatic nitrogens is 3. The monoisotopic (exact) mass is 425 g/mol. The second-order valence-corrected chi connectivity index (χ2v) is 9.39. The van der Waals surface area contributed by atoms with E-state index in [1.54, 1.807) is 9.58 Å². The number of benzene rings is 1. The molecule has 0 radical (unpaired) electrons. The lowest BCUT2D eigenvalue weighted by atomic mass is 10.0. The molecule has 7 nitrogen and oxygen atoms in total. The highest BCUT2D eigenvalue weighted by Gasteiger charge is 2.42. The van der Waals surface area contributed by atoms with Gasteiger partial charge in [-0.05, 0) is 56.7 Å². The molecule has 30 heavy (non-hydrogen) atoms. The molecule has 8 heteroatoms. The first-order valence-electron chi connectivity index (χ1n) is 10.3. The molecule has 1 atom stereocenters. The summed E-state index contributed by atoms with van der Waals surface area (Å²) in [5.41, 5.74) is 1.22. The van der Waals surface area contributed by atoms with Gasteiger partial charge in [-0.2, -0.15) is 0 Å². The van der Waals surface area contributed by atoms with Crippen molar-refractivity contribution in [3.63, 3.8) is 0 Å². The van der Waals surface area contributed by atoms with Gasteiger partial charge in [-0.3, -0.25) is 9.59 Å². The van der Waals surface area contributed by atoms with Crippen molar-refractivity contribution in [2.45, 2.75) is 64.2 Å². The summed E-state index contributed by atoms with van der Waals surface area (Å²) in [5, 5.41) is 13.4. The third-order valence-corrected chi connectivity index (χ3v) is 6.54. The first kappa shape index (κ1) is 20.5. The molecular formula is C22H27N5O2S. The quantitative estimate of drug-likeness (QED) is 0.599. The number of rotatable bonds is 8. The second-order valence-electron chi connectivity index (χ2n) is 8.41. The van der Waals surface area contributed by atoms with E-state index in [9.17, 15) is 9.59 Å². The number of nitrogens with one attached hydrogen (secondary N) is 1. The van der Waals surface area contributed by atoms with Gasteiger partial charge in [0.1, 0.15) is 18.1 Å². The maximum absolute atomic E-state index is 13.5. The zero-order valence-electron chi connectivity index (χ0n) is 17.5. The van der Waals surface area contributed by atoms with E-state index in [0.29, 0.717) is 0 Å². The molecule has 1 aromatic carbocycles. The number of fused-ring (bicyclic) bond motifs is 1. The van der Waals surface area contributed by atoms with Gasteiger partial charge in [0, 0.05) is 16.5 Å². The van der Waals surface area contributed by atoms with Crippen molar-refractivity contribution in [2.24, 2.45) is 0 Å². The fraction of sp³-hybridized carbons (Fsp3) is 0.455. The molecule has 2 aromatic heterocycles. The number of hydrogen-bond donors (Lipinski definition) is 1. The minimum Gasteiger partial charge on any atom is -0.349 e. The summed E-state index contributed by atoms with van der Waals surface area (Å²) in [7, 11) is 0. The van der Waals surface area contributed by atoms with Crippen LogP contribution < -0.4 is 5.32 Å². The number of nitrogens with zero attached hydrogens (tertiary/aromatic N) is 4. The Bertz CT molecular complexity index is 1040. The Morgan fingerprint density at radius 3 is 2.70 bits per heavy atom. The molecule has 0 unspecified atom stereocenters. The van der Waals surface area contributed by atoms with Gasteiger partial charge in [0.2, 0.25) is 11.8 Å². The number of carbonyl (C=O) groups excluding carboxylic acids is 2. The lowest BCUT2D eigenvalue weighted by Gasteiger charge is -2.34. The molecule has 158 valence electrons. The normalized spacial score (nSPS) is 15.2. The van der Waals surface area contributed by atoms with Crippen molar-refractivity contribution in [1.29, 1.82) is 0 Å². The molecule has 0 spiro atoms. The van der Waals surface area contributed by atoms with Crippen molar-refractivity contribution < 1.29 is 9.59 Å². The van der Waals surface area contributed by atoms with Crippen LogP contribution in [0.15, 0.2) is 41.8 Å². The van der Waals surface area contributed by atoms with E-state index in [2.05, 4.69) is 15.6 Å². The summed E-state index contributed by atoms with van der Waals surface area (Å²) in [6.45, 7) is 6.10. The topological polar surface area (TPSA) is 80.1 Å². The summed E-state index contributed by atoms with van der Waals surface area (Å²) in [6, 6.07) is 10.9. The van der Waals surface area contributed by atoms with Crippen LogP contribution in [0.5, 0.6) is 0 Å². The third-order valence-electron chi connectivity index (χ3n) is 5.62. The molecule has 4 rings (SSSR count). The fourth-order valence-corrected chi connectivity index (χ4v) is 4.31. The van der Waals surface area contributed by atoms with Crippen LogP contribution in [0.2, 0.25) is 0 Å². The van der Waals surface area contributed by atoms with E-state index in [1.165, 1.54) is 11.3 Å². The second kappa shape index (κ2) is 8.18. The van der Waals surface area contributed by atoms with Crippen LogP contribution in [0.4, 0.5) is 0 Å². The Kier molecular flexibility index (Phi) is 5.60. The summed E-state index contributed by atoms with van der Waals surface area (Å²) in [5.74, 6) is -0.246. The molecule has 2 heterocycles. The molecule has 0 saturated heterocycles. The molecule has 1 saturated carbocycles. The van der Waals surface area contributed by atoms with E-state index >= 15 is 0 Å². The van der Waals surface area contributed by atoms with E-state index < -0.39 is 6.04 Å². The Hall–Kier alpha value is -2.74. The van der Waals surface area contributed by atoms with Crippen LogP contribution in [-0.4, -0.2) is 43.3 Å². The summed E-state index contributed by atoms with van der Waals surface area (Å²) in [4.78, 5) is 29.5. The Morgan fingerprint density at radius 2 is 2.03 bits per heavy atom. The van der Waals surface area contributed by atoms with Gasteiger partial charge in [0.25, 0.3) is 0 Å². The van der Waals surface area contributed by atoms with Crippen LogP contribution >= 0.6 is 11.3 Å². The largest absolute Gasteiger partial charge is 0.349 e. The van der Waals surface area contributed by atoms with Gasteiger partial charge < -0.3 is 10.2 Å². The lowest BCUT2D eigenvalue weighted by molar-refractivity contribution is -0.142. The zero-order valence-corrected chi connectivity index (χ0v) is 18.4. The van der Waals surface area contributed by atoms with Crippen molar-refractivity contribution >= 4 is 34.2 Å². The van der Waals surface area contributed by atoms with Crippen molar-refractivity contribution in [3.8, 4) is 0 Å². The van der Waals surface area contributed by atoms with Gasteiger partial charge in [-0.1, -0.05) is 30.3 Å². The number of thiophene rings is 1. The van der Waals surface area contributed by atoms with Gasteiger partial charge in [0.15, 0.2) is 0 Å². The van der Waals surface area contributed by atoms with Crippen molar-refractivity contribution in [3.05, 3.63) is 46.7 Å². The minimum atomic E-state index is -0.634. The number of amides is 2. The molecule has 1 aliphatic carbocycles. The molecule has 1 N–H and O–H groups in total. The first-order chi connectivity index (χ1) is 14.4. The van der Waals surface area contributed by atoms with Crippen LogP contribution in [0.25, 0.3) is 11.0 Å². The smallest absolute Gasteiger partial charge is 0.248 e. The predicted octanol–water partition coefficient (Wildman–Crippen LogP) is 3.53. The van der Waals surface area contributed by atoms with Gasteiger partial charge in [0.05, 0.1) is 5.52 Å². The molecule has 0 aliphatic heterocycles. The molecule has 1 aliphatic rings. The summed E-state index contributed by atoms with van der Waals surface area (Å²) in [6.07, 6.45) is 2.63. The van der Waals surface area contributed by atoms with E-state index in [1.807, 2.05) is 62.5 Å². The molecule has 1 fully saturated rings. The highest BCUT2D eigenvalue weighted by Crippen LogP contribution is 2.37. The third kappa shape index (κ3) is 4.23. The number of carbonyl (C=O) groups is 2. The maximum atomic E-state index is 13.5. The van der Waals surface area contributed by atoms with Crippen molar-refractivity contribution in [2.75, 3.05) is 0 Å². The lowest BCUT2D eigenvalue weighted by Crippen LogP contribution is -2.51. The molecule has 2 amide bonds. The van der Waals surface area contributed by atoms with Crippen LogP contribution in [-0.2, 0) is 16.1 Å². The predicted molar refractivity (Wildman–Crippen MR) is 117 cm³/mol. The molecular weight excluding hydrogens is 398 g/mol. The first-order valence-corrected chi connectivity index (χ1v) is 11.2. The van der Waals surface area contributed by atoms with E-state index in [4.69, 9.17) is 0 Å². The van der Waals surface area contributed by atoms with Gasteiger partial charge >= 0.3 is 0 Å². The molecule has 3 aromatic rings. The zero-order chi connectivity index (χ0) is 21.3.